The quantitative estimate of drug-likeness (QED) is 0.764. The van der Waals surface area contributed by atoms with Crippen LogP contribution in [-0.4, -0.2) is 51.6 Å². The molecule has 4 rings (SSSR count). The second-order valence-corrected chi connectivity index (χ2v) is 6.27. The minimum Gasteiger partial charge on any atom is -0.379 e. The molecule has 0 saturated carbocycles. The molecule has 0 aliphatic carbocycles. The number of aromatic amines is 2. The van der Waals surface area contributed by atoms with Crippen molar-refractivity contribution in [3.05, 3.63) is 47.2 Å². The van der Waals surface area contributed by atoms with E-state index in [1.165, 1.54) is 0 Å². The average Bonchev–Trinajstić information content (AvgIpc) is 3.24. The van der Waals surface area contributed by atoms with Crippen LogP contribution in [0.3, 0.4) is 0 Å². The first-order valence-corrected chi connectivity index (χ1v) is 8.32. The molecule has 2 N–H and O–H groups in total. The van der Waals surface area contributed by atoms with Gasteiger partial charge in [-0.05, 0) is 18.2 Å². The molecule has 0 atom stereocenters. The fourth-order valence-corrected chi connectivity index (χ4v) is 3.13. The van der Waals surface area contributed by atoms with Crippen molar-refractivity contribution in [3.63, 3.8) is 0 Å². The molecule has 3 heterocycles. The van der Waals surface area contributed by atoms with Crippen molar-refractivity contribution in [2.75, 3.05) is 26.3 Å². The summed E-state index contributed by atoms with van der Waals surface area (Å²) in [4.78, 5) is 5.72. The van der Waals surface area contributed by atoms with Gasteiger partial charge in [0.1, 0.15) is 11.4 Å². The topological polar surface area (TPSA) is 69.8 Å². The van der Waals surface area contributed by atoms with Gasteiger partial charge in [-0.2, -0.15) is 15.4 Å². The third kappa shape index (κ3) is 3.21. The highest BCUT2D eigenvalue weighted by atomic mass is 35.5. The molecular weight excluding hydrogens is 326 g/mol. The molecule has 0 amide bonds. The Morgan fingerprint density at radius 1 is 1.08 bits per heavy atom. The van der Waals surface area contributed by atoms with Gasteiger partial charge in [0.05, 0.1) is 13.2 Å². The van der Waals surface area contributed by atoms with E-state index < -0.39 is 0 Å². The lowest BCUT2D eigenvalue weighted by Crippen LogP contribution is -2.35. The van der Waals surface area contributed by atoms with Gasteiger partial charge in [-0.25, -0.2) is 0 Å². The zero-order valence-corrected chi connectivity index (χ0v) is 13.9. The lowest BCUT2D eigenvalue weighted by Gasteiger charge is -2.25. The largest absolute Gasteiger partial charge is 0.379 e. The summed E-state index contributed by atoms with van der Waals surface area (Å²) in [5, 5.41) is 12.0. The lowest BCUT2D eigenvalue weighted by molar-refractivity contribution is 0.0337. The second kappa shape index (κ2) is 6.76. The van der Waals surface area contributed by atoms with Gasteiger partial charge in [-0.3, -0.25) is 4.90 Å². The molecule has 24 heavy (non-hydrogen) atoms. The molecule has 0 radical (unpaired) electrons. The molecule has 0 bridgehead atoms. The van der Waals surface area contributed by atoms with E-state index in [2.05, 4.69) is 31.4 Å². The standard InChI is InChI=1S/C17H18ClN5O/c18-14-3-1-2-12(8-14)16-17(21-22-20-16)13-9-15(19-10-13)11-23-4-6-24-7-5-23/h1-3,8-10,19H,4-7,11H2,(H,20,21,22). The molecule has 1 saturated heterocycles. The van der Waals surface area contributed by atoms with Crippen molar-refractivity contribution in [3.8, 4) is 22.5 Å². The van der Waals surface area contributed by atoms with E-state index in [-0.39, 0.29) is 0 Å². The maximum atomic E-state index is 6.09. The van der Waals surface area contributed by atoms with Crippen LogP contribution in [0.5, 0.6) is 0 Å². The van der Waals surface area contributed by atoms with E-state index in [1.807, 2.05) is 30.5 Å². The fraction of sp³-hybridized carbons (Fsp3) is 0.294. The van der Waals surface area contributed by atoms with E-state index in [0.717, 1.165) is 61.1 Å². The number of rotatable bonds is 4. The number of H-pyrrole nitrogens is 2. The zero-order valence-electron chi connectivity index (χ0n) is 13.1. The molecule has 1 aromatic carbocycles. The maximum Gasteiger partial charge on any atom is 0.122 e. The fourth-order valence-electron chi connectivity index (χ4n) is 2.94. The molecule has 6 nitrogen and oxygen atoms in total. The Morgan fingerprint density at radius 3 is 2.67 bits per heavy atom. The number of aromatic nitrogens is 4. The normalized spacial score (nSPS) is 15.7. The molecule has 2 aromatic heterocycles. The summed E-state index contributed by atoms with van der Waals surface area (Å²) in [6.45, 7) is 4.41. The molecule has 7 heteroatoms. The molecule has 124 valence electrons. The van der Waals surface area contributed by atoms with E-state index in [4.69, 9.17) is 16.3 Å². The minimum atomic E-state index is 0.684. The van der Waals surface area contributed by atoms with Gasteiger partial charge in [-0.1, -0.05) is 23.7 Å². The Kier molecular flexibility index (Phi) is 4.34. The van der Waals surface area contributed by atoms with Crippen molar-refractivity contribution in [1.29, 1.82) is 0 Å². The SMILES string of the molecule is Clc1cccc(-c2n[nH]nc2-c2c[nH]c(CN3CCOCC3)c2)c1. The number of nitrogens with zero attached hydrogens (tertiary/aromatic N) is 3. The minimum absolute atomic E-state index is 0.684. The number of hydrogen-bond donors (Lipinski definition) is 2. The Morgan fingerprint density at radius 2 is 1.88 bits per heavy atom. The number of hydrogen-bond acceptors (Lipinski definition) is 4. The predicted octanol–water partition coefficient (Wildman–Crippen LogP) is 2.95. The third-order valence-electron chi connectivity index (χ3n) is 4.16. The molecule has 1 aliphatic rings. The van der Waals surface area contributed by atoms with E-state index >= 15 is 0 Å². The molecule has 3 aromatic rings. The average molecular weight is 344 g/mol. The van der Waals surface area contributed by atoms with E-state index in [0.29, 0.717) is 5.02 Å². The van der Waals surface area contributed by atoms with Gasteiger partial charge in [0.15, 0.2) is 0 Å². The monoisotopic (exact) mass is 343 g/mol. The Balaban J connectivity index is 1.58. The van der Waals surface area contributed by atoms with Crippen molar-refractivity contribution in [2.24, 2.45) is 0 Å². The molecule has 0 unspecified atom stereocenters. The van der Waals surface area contributed by atoms with Crippen LogP contribution in [0.2, 0.25) is 5.02 Å². The van der Waals surface area contributed by atoms with Crippen molar-refractivity contribution >= 4 is 11.6 Å². The van der Waals surface area contributed by atoms with Crippen molar-refractivity contribution in [2.45, 2.75) is 6.54 Å². The highest BCUT2D eigenvalue weighted by Gasteiger charge is 2.16. The van der Waals surface area contributed by atoms with E-state index in [9.17, 15) is 0 Å². The smallest absolute Gasteiger partial charge is 0.122 e. The molecule has 1 fully saturated rings. The van der Waals surface area contributed by atoms with Crippen LogP contribution in [0.4, 0.5) is 0 Å². The first-order chi connectivity index (χ1) is 11.8. The Bertz CT molecular complexity index is 822. The van der Waals surface area contributed by atoms with Crippen LogP contribution >= 0.6 is 11.6 Å². The second-order valence-electron chi connectivity index (χ2n) is 5.83. The van der Waals surface area contributed by atoms with Crippen LogP contribution in [0, 0.1) is 0 Å². The Hall–Kier alpha value is -2.15. The van der Waals surface area contributed by atoms with Crippen LogP contribution in [0.25, 0.3) is 22.5 Å². The van der Waals surface area contributed by atoms with Gasteiger partial charge in [0.2, 0.25) is 0 Å². The van der Waals surface area contributed by atoms with Crippen molar-refractivity contribution < 1.29 is 4.74 Å². The summed E-state index contributed by atoms with van der Waals surface area (Å²) >= 11 is 6.09. The van der Waals surface area contributed by atoms with Crippen LogP contribution < -0.4 is 0 Å². The van der Waals surface area contributed by atoms with Gasteiger partial charge < -0.3 is 9.72 Å². The summed E-state index contributed by atoms with van der Waals surface area (Å²) in [5.74, 6) is 0. The van der Waals surface area contributed by atoms with Crippen LogP contribution in [0.15, 0.2) is 36.5 Å². The zero-order chi connectivity index (χ0) is 16.4. The molecule has 1 aliphatic heterocycles. The summed E-state index contributed by atoms with van der Waals surface area (Å²) in [6, 6.07) is 9.76. The first kappa shape index (κ1) is 15.4. The summed E-state index contributed by atoms with van der Waals surface area (Å²) in [6.07, 6.45) is 1.97. The van der Waals surface area contributed by atoms with Crippen LogP contribution in [-0.2, 0) is 11.3 Å². The highest BCUT2D eigenvalue weighted by Crippen LogP contribution is 2.30. The Labute approximate surface area is 144 Å². The van der Waals surface area contributed by atoms with E-state index in [1.54, 1.807) is 0 Å². The summed E-state index contributed by atoms with van der Waals surface area (Å²) < 4.78 is 5.39. The number of morpholine rings is 1. The van der Waals surface area contributed by atoms with Gasteiger partial charge in [0.25, 0.3) is 0 Å². The van der Waals surface area contributed by atoms with Gasteiger partial charge >= 0.3 is 0 Å². The third-order valence-corrected chi connectivity index (χ3v) is 4.39. The number of nitrogens with one attached hydrogen (secondary N) is 2. The number of benzene rings is 1. The molecule has 0 spiro atoms. The summed E-state index contributed by atoms with van der Waals surface area (Å²) in [5.41, 5.74) is 4.74. The van der Waals surface area contributed by atoms with Crippen molar-refractivity contribution in [1.82, 2.24) is 25.3 Å². The molecular formula is C17H18ClN5O. The predicted molar refractivity (Wildman–Crippen MR) is 92.7 cm³/mol. The summed E-state index contributed by atoms with van der Waals surface area (Å²) in [7, 11) is 0. The van der Waals surface area contributed by atoms with Gasteiger partial charge in [0, 0.05) is 47.7 Å². The highest BCUT2D eigenvalue weighted by molar-refractivity contribution is 6.30. The number of ether oxygens (including phenoxy) is 1. The lowest BCUT2D eigenvalue weighted by atomic mass is 10.1. The van der Waals surface area contributed by atoms with Gasteiger partial charge in [-0.15, -0.1) is 0 Å². The number of halogens is 1. The van der Waals surface area contributed by atoms with Crippen LogP contribution in [0.1, 0.15) is 5.69 Å². The first-order valence-electron chi connectivity index (χ1n) is 7.94. The maximum absolute atomic E-state index is 6.09.